The van der Waals surface area contributed by atoms with Crippen molar-refractivity contribution in [2.24, 2.45) is 5.92 Å². The van der Waals surface area contributed by atoms with Crippen molar-refractivity contribution in [1.82, 2.24) is 10.2 Å². The van der Waals surface area contributed by atoms with Crippen LogP contribution < -0.4 is 5.32 Å². The smallest absolute Gasteiger partial charge is 0.0347 e. The van der Waals surface area contributed by atoms with Gasteiger partial charge in [-0.3, -0.25) is 0 Å². The van der Waals surface area contributed by atoms with Gasteiger partial charge in [0, 0.05) is 6.04 Å². The second-order valence-electron chi connectivity index (χ2n) is 5.78. The molecule has 1 heterocycles. The molecule has 0 amide bonds. The molecule has 0 spiro atoms. The molecular formula is C16H26N2. The molecule has 1 saturated heterocycles. The Hall–Kier alpha value is -0.860. The number of nitrogens with one attached hydrogen (secondary N) is 1. The first-order chi connectivity index (χ1) is 8.68. The van der Waals surface area contributed by atoms with E-state index in [1.807, 2.05) is 0 Å². The van der Waals surface area contributed by atoms with Crippen LogP contribution in [0, 0.1) is 12.8 Å². The van der Waals surface area contributed by atoms with Gasteiger partial charge in [0.2, 0.25) is 0 Å². The molecule has 0 saturated carbocycles. The third-order valence-corrected chi connectivity index (χ3v) is 4.13. The van der Waals surface area contributed by atoms with Crippen LogP contribution in [0.5, 0.6) is 0 Å². The van der Waals surface area contributed by atoms with Crippen LogP contribution >= 0.6 is 0 Å². The van der Waals surface area contributed by atoms with E-state index in [9.17, 15) is 0 Å². The fraction of sp³-hybridized carbons (Fsp3) is 0.625. The third kappa shape index (κ3) is 3.33. The molecule has 1 aromatic rings. The molecule has 0 aliphatic carbocycles. The molecule has 1 N–H and O–H groups in total. The van der Waals surface area contributed by atoms with Crippen LogP contribution in [0.2, 0.25) is 0 Å². The number of nitrogens with zero attached hydrogens (tertiary/aromatic N) is 1. The topological polar surface area (TPSA) is 15.3 Å². The van der Waals surface area contributed by atoms with Gasteiger partial charge < -0.3 is 10.2 Å². The van der Waals surface area contributed by atoms with Crippen LogP contribution in [0.25, 0.3) is 0 Å². The van der Waals surface area contributed by atoms with Crippen molar-refractivity contribution in [3.8, 4) is 0 Å². The molecule has 2 unspecified atom stereocenters. The molecule has 0 bridgehead atoms. The Balaban J connectivity index is 2.10. The van der Waals surface area contributed by atoms with E-state index in [4.69, 9.17) is 0 Å². The Morgan fingerprint density at radius 2 is 2.11 bits per heavy atom. The fourth-order valence-corrected chi connectivity index (χ4v) is 3.02. The van der Waals surface area contributed by atoms with Crippen LogP contribution in [-0.2, 0) is 0 Å². The molecule has 1 aliphatic heterocycles. The van der Waals surface area contributed by atoms with Gasteiger partial charge in [0.05, 0.1) is 0 Å². The summed E-state index contributed by atoms with van der Waals surface area (Å²) in [6, 6.07) is 9.36. The van der Waals surface area contributed by atoms with Crippen molar-refractivity contribution < 1.29 is 0 Å². The predicted molar refractivity (Wildman–Crippen MR) is 77.8 cm³/mol. The first-order valence-electron chi connectivity index (χ1n) is 7.11. The molecule has 100 valence electrons. The first-order valence-corrected chi connectivity index (χ1v) is 7.11. The Labute approximate surface area is 111 Å². The van der Waals surface area contributed by atoms with E-state index in [0.29, 0.717) is 6.04 Å². The average Bonchev–Trinajstić information content (AvgIpc) is 2.38. The third-order valence-electron chi connectivity index (χ3n) is 4.13. The molecule has 18 heavy (non-hydrogen) atoms. The van der Waals surface area contributed by atoms with Crippen LogP contribution in [0.15, 0.2) is 24.3 Å². The van der Waals surface area contributed by atoms with Gasteiger partial charge in [-0.05, 0) is 70.4 Å². The van der Waals surface area contributed by atoms with E-state index >= 15 is 0 Å². The predicted octanol–water partition coefficient (Wildman–Crippen LogP) is 2.99. The van der Waals surface area contributed by atoms with Gasteiger partial charge in [0.1, 0.15) is 0 Å². The first kappa shape index (κ1) is 13.6. The van der Waals surface area contributed by atoms with Gasteiger partial charge in [-0.15, -0.1) is 0 Å². The highest BCUT2D eigenvalue weighted by atomic mass is 15.1. The van der Waals surface area contributed by atoms with E-state index in [1.54, 1.807) is 0 Å². The minimum Gasteiger partial charge on any atom is -0.316 e. The maximum Gasteiger partial charge on any atom is 0.0347 e. The van der Waals surface area contributed by atoms with E-state index in [2.05, 4.69) is 55.5 Å². The summed E-state index contributed by atoms with van der Waals surface area (Å²) in [4.78, 5) is 2.37. The van der Waals surface area contributed by atoms with Gasteiger partial charge in [0.25, 0.3) is 0 Å². The largest absolute Gasteiger partial charge is 0.316 e. The fourth-order valence-electron chi connectivity index (χ4n) is 3.02. The lowest BCUT2D eigenvalue weighted by molar-refractivity contribution is 0.225. The van der Waals surface area contributed by atoms with Crippen molar-refractivity contribution in [2.75, 3.05) is 27.2 Å². The van der Waals surface area contributed by atoms with Crippen molar-refractivity contribution >= 4 is 0 Å². The van der Waals surface area contributed by atoms with Gasteiger partial charge in [-0.2, -0.15) is 0 Å². The summed E-state index contributed by atoms with van der Waals surface area (Å²) in [5.41, 5.74) is 2.91. The van der Waals surface area contributed by atoms with Crippen molar-refractivity contribution in [2.45, 2.75) is 32.2 Å². The highest BCUT2D eigenvalue weighted by molar-refractivity contribution is 5.28. The van der Waals surface area contributed by atoms with E-state index < -0.39 is 0 Å². The van der Waals surface area contributed by atoms with E-state index in [1.165, 1.54) is 43.5 Å². The average molecular weight is 246 g/mol. The number of benzene rings is 1. The zero-order valence-corrected chi connectivity index (χ0v) is 11.9. The molecule has 1 fully saturated rings. The SMILES string of the molecule is Cc1ccccc1C(CC1CCCNC1)N(C)C. The monoisotopic (exact) mass is 246 g/mol. The summed E-state index contributed by atoms with van der Waals surface area (Å²) in [6.07, 6.45) is 3.98. The van der Waals surface area contributed by atoms with Crippen LogP contribution in [0.1, 0.15) is 36.4 Å². The number of rotatable bonds is 4. The second kappa shape index (κ2) is 6.35. The zero-order valence-electron chi connectivity index (χ0n) is 11.9. The normalized spacial score (nSPS) is 22.1. The summed E-state index contributed by atoms with van der Waals surface area (Å²) in [5.74, 6) is 0.825. The summed E-state index contributed by atoms with van der Waals surface area (Å²) in [6.45, 7) is 4.62. The molecule has 1 aliphatic rings. The summed E-state index contributed by atoms with van der Waals surface area (Å²) < 4.78 is 0. The summed E-state index contributed by atoms with van der Waals surface area (Å²) >= 11 is 0. The summed E-state index contributed by atoms with van der Waals surface area (Å²) in [7, 11) is 4.40. The lowest BCUT2D eigenvalue weighted by Gasteiger charge is -2.32. The standard InChI is InChI=1S/C16H26N2/c1-13-7-4-5-9-15(13)16(18(2)3)11-14-8-6-10-17-12-14/h4-5,7,9,14,16-17H,6,8,10-12H2,1-3H3. The Kier molecular flexibility index (Phi) is 4.79. The Morgan fingerprint density at radius 3 is 2.72 bits per heavy atom. The van der Waals surface area contributed by atoms with Crippen molar-refractivity contribution in [3.63, 3.8) is 0 Å². The minimum absolute atomic E-state index is 0.552. The number of hydrogen-bond acceptors (Lipinski definition) is 2. The molecule has 2 atom stereocenters. The number of hydrogen-bond donors (Lipinski definition) is 1. The maximum absolute atomic E-state index is 3.53. The summed E-state index contributed by atoms with van der Waals surface area (Å²) in [5, 5.41) is 3.53. The quantitative estimate of drug-likeness (QED) is 0.878. The van der Waals surface area contributed by atoms with Crippen LogP contribution in [0.4, 0.5) is 0 Å². The number of aryl methyl sites for hydroxylation is 1. The van der Waals surface area contributed by atoms with Gasteiger partial charge in [0.15, 0.2) is 0 Å². The van der Waals surface area contributed by atoms with Crippen molar-refractivity contribution in [1.29, 1.82) is 0 Å². The van der Waals surface area contributed by atoms with Crippen LogP contribution in [-0.4, -0.2) is 32.1 Å². The molecule has 1 aromatic carbocycles. The van der Waals surface area contributed by atoms with Crippen LogP contribution in [0.3, 0.4) is 0 Å². The molecule has 0 radical (unpaired) electrons. The highest BCUT2D eigenvalue weighted by Crippen LogP contribution is 2.30. The Morgan fingerprint density at radius 1 is 1.33 bits per heavy atom. The second-order valence-corrected chi connectivity index (χ2v) is 5.78. The Bertz CT molecular complexity index is 367. The molecular weight excluding hydrogens is 220 g/mol. The van der Waals surface area contributed by atoms with E-state index in [-0.39, 0.29) is 0 Å². The van der Waals surface area contributed by atoms with Gasteiger partial charge >= 0.3 is 0 Å². The molecule has 2 rings (SSSR count). The molecule has 0 aromatic heterocycles. The highest BCUT2D eigenvalue weighted by Gasteiger charge is 2.22. The van der Waals surface area contributed by atoms with Crippen molar-refractivity contribution in [3.05, 3.63) is 35.4 Å². The zero-order chi connectivity index (χ0) is 13.0. The maximum atomic E-state index is 3.53. The van der Waals surface area contributed by atoms with Gasteiger partial charge in [-0.1, -0.05) is 24.3 Å². The van der Waals surface area contributed by atoms with E-state index in [0.717, 1.165) is 5.92 Å². The van der Waals surface area contributed by atoms with Gasteiger partial charge in [-0.25, -0.2) is 0 Å². The molecule has 2 heteroatoms. The lowest BCUT2D eigenvalue weighted by Crippen LogP contribution is -2.33. The molecule has 2 nitrogen and oxygen atoms in total. The minimum atomic E-state index is 0.552. The lowest BCUT2D eigenvalue weighted by atomic mass is 9.87. The number of piperidine rings is 1.